The van der Waals surface area contributed by atoms with E-state index >= 15 is 0 Å². The molecule has 4 heteroatoms. The van der Waals surface area contributed by atoms with Crippen LogP contribution in [-0.4, -0.2) is 0 Å². The van der Waals surface area contributed by atoms with Crippen LogP contribution in [0.1, 0.15) is 5.56 Å². The van der Waals surface area contributed by atoms with E-state index in [4.69, 9.17) is 11.6 Å². The maximum Gasteiger partial charge on any atom is 0.0568 e. The molecule has 0 radical (unpaired) electrons. The molecule has 0 aliphatic carbocycles. The van der Waals surface area contributed by atoms with E-state index in [9.17, 15) is 0 Å². The van der Waals surface area contributed by atoms with Gasteiger partial charge in [-0.25, -0.2) is 0 Å². The van der Waals surface area contributed by atoms with Crippen molar-refractivity contribution < 1.29 is 0 Å². The zero-order chi connectivity index (χ0) is 12.3. The molecule has 0 heterocycles. The van der Waals surface area contributed by atoms with E-state index in [1.807, 2.05) is 30.3 Å². The van der Waals surface area contributed by atoms with Crippen molar-refractivity contribution in [2.45, 2.75) is 6.54 Å². The van der Waals surface area contributed by atoms with E-state index in [0.29, 0.717) is 5.02 Å². The van der Waals surface area contributed by atoms with Crippen LogP contribution in [-0.2, 0) is 6.54 Å². The molecule has 2 rings (SSSR count). The predicted molar refractivity (Wildman–Crippen MR) is 80.6 cm³/mol. The number of anilines is 1. The van der Waals surface area contributed by atoms with Crippen molar-refractivity contribution in [3.05, 3.63) is 62.0 Å². The number of rotatable bonds is 3. The fourth-order valence-corrected chi connectivity index (χ4v) is 2.33. The summed E-state index contributed by atoms with van der Waals surface area (Å²) in [5, 5.41) is 4.04. The van der Waals surface area contributed by atoms with E-state index in [1.54, 1.807) is 0 Å². The molecule has 0 amide bonds. The molecule has 0 aliphatic heterocycles. The summed E-state index contributed by atoms with van der Waals surface area (Å²) >= 11 is 12.8. The molecule has 1 N–H and O–H groups in total. The number of halogens is 3. The van der Waals surface area contributed by atoms with Crippen LogP contribution in [0.2, 0.25) is 5.02 Å². The Hall–Kier alpha value is -0.510. The molecule has 1 nitrogen and oxygen atoms in total. The molecule has 0 saturated carbocycles. The predicted octanol–water partition coefficient (Wildman–Crippen LogP) is 5.48. The number of nitrogens with one attached hydrogen (secondary N) is 1. The largest absolute Gasteiger partial charge is 0.381 e. The van der Waals surface area contributed by atoms with Crippen LogP contribution in [0.3, 0.4) is 0 Å². The molecule has 88 valence electrons. The number of hydrogen-bond donors (Lipinski definition) is 1. The molecule has 0 unspecified atom stereocenters. The highest BCUT2D eigenvalue weighted by molar-refractivity contribution is 9.10. The molecule has 17 heavy (non-hydrogen) atoms. The van der Waals surface area contributed by atoms with E-state index in [2.05, 4.69) is 49.3 Å². The second-order valence-corrected chi connectivity index (χ2v) is 5.79. The highest BCUT2D eigenvalue weighted by Crippen LogP contribution is 2.25. The van der Waals surface area contributed by atoms with Crippen molar-refractivity contribution in [2.24, 2.45) is 0 Å². The Morgan fingerprint density at radius 2 is 1.88 bits per heavy atom. The van der Waals surface area contributed by atoms with Gasteiger partial charge >= 0.3 is 0 Å². The lowest BCUT2D eigenvalue weighted by atomic mass is 10.2. The van der Waals surface area contributed by atoms with E-state index in [-0.39, 0.29) is 0 Å². The Balaban J connectivity index is 2.05. The van der Waals surface area contributed by atoms with Gasteiger partial charge in [0.1, 0.15) is 0 Å². The number of benzene rings is 2. The van der Waals surface area contributed by atoms with Gasteiger partial charge in [0.2, 0.25) is 0 Å². The van der Waals surface area contributed by atoms with Crippen molar-refractivity contribution in [3.8, 4) is 0 Å². The summed E-state index contributed by atoms with van der Waals surface area (Å²) in [4.78, 5) is 0. The first kappa shape index (κ1) is 12.9. The van der Waals surface area contributed by atoms with Crippen molar-refractivity contribution in [1.82, 2.24) is 0 Å². The molecule has 0 saturated heterocycles. The molecular weight excluding hydrogens is 365 g/mol. The van der Waals surface area contributed by atoms with E-state index < -0.39 is 0 Å². The Morgan fingerprint density at radius 1 is 1.06 bits per heavy atom. The minimum atomic E-state index is 0.712. The molecule has 2 aromatic rings. The van der Waals surface area contributed by atoms with Gasteiger partial charge in [-0.15, -0.1) is 0 Å². The van der Waals surface area contributed by atoms with Crippen LogP contribution in [0.4, 0.5) is 5.69 Å². The molecule has 0 spiro atoms. The van der Waals surface area contributed by atoms with Gasteiger partial charge in [-0.3, -0.25) is 0 Å². The topological polar surface area (TPSA) is 12.0 Å². The summed E-state index contributed by atoms with van der Waals surface area (Å²) in [6.07, 6.45) is 0. The highest BCUT2D eigenvalue weighted by atomic mass is 79.9. The quantitative estimate of drug-likeness (QED) is 0.749. The summed E-state index contributed by atoms with van der Waals surface area (Å²) in [5.74, 6) is 0. The van der Waals surface area contributed by atoms with Gasteiger partial charge in [-0.05, 0) is 51.8 Å². The van der Waals surface area contributed by atoms with Gasteiger partial charge in [0, 0.05) is 21.2 Å². The van der Waals surface area contributed by atoms with E-state index in [1.165, 1.54) is 5.56 Å². The maximum atomic E-state index is 6.03. The summed E-state index contributed by atoms with van der Waals surface area (Å²) in [6.45, 7) is 0.775. The fraction of sp³-hybridized carbons (Fsp3) is 0.0769. The zero-order valence-electron chi connectivity index (χ0n) is 8.88. The summed E-state index contributed by atoms with van der Waals surface area (Å²) in [5.41, 5.74) is 2.23. The van der Waals surface area contributed by atoms with Crippen molar-refractivity contribution in [3.63, 3.8) is 0 Å². The SMILES string of the molecule is Clc1cc(NCc2cccc(Br)c2)ccc1Br. The summed E-state index contributed by atoms with van der Waals surface area (Å²) in [7, 11) is 0. The lowest BCUT2D eigenvalue weighted by molar-refractivity contribution is 1.15. The normalized spacial score (nSPS) is 10.3. The lowest BCUT2D eigenvalue weighted by Crippen LogP contribution is -1.99. The zero-order valence-corrected chi connectivity index (χ0v) is 12.8. The Labute approximate surface area is 122 Å². The lowest BCUT2D eigenvalue weighted by Gasteiger charge is -2.08. The van der Waals surface area contributed by atoms with Crippen LogP contribution in [0.25, 0.3) is 0 Å². The monoisotopic (exact) mass is 373 g/mol. The third-order valence-electron chi connectivity index (χ3n) is 2.31. The second kappa shape index (κ2) is 5.89. The van der Waals surface area contributed by atoms with Crippen LogP contribution in [0.5, 0.6) is 0 Å². The van der Waals surface area contributed by atoms with Gasteiger partial charge < -0.3 is 5.32 Å². The summed E-state index contributed by atoms with van der Waals surface area (Å²) in [6, 6.07) is 14.0. The second-order valence-electron chi connectivity index (χ2n) is 3.61. The van der Waals surface area contributed by atoms with Crippen LogP contribution in [0.15, 0.2) is 51.4 Å². The van der Waals surface area contributed by atoms with Crippen molar-refractivity contribution in [2.75, 3.05) is 5.32 Å². The minimum Gasteiger partial charge on any atom is -0.381 e. The average molecular weight is 375 g/mol. The van der Waals surface area contributed by atoms with Crippen LogP contribution in [0, 0.1) is 0 Å². The van der Waals surface area contributed by atoms with Gasteiger partial charge in [-0.2, -0.15) is 0 Å². The molecular formula is C13H10Br2ClN. The molecule has 0 atom stereocenters. The standard InChI is InChI=1S/C13H10Br2ClN/c14-10-3-1-2-9(6-10)8-17-11-4-5-12(15)13(16)7-11/h1-7,17H,8H2. The van der Waals surface area contributed by atoms with Crippen molar-refractivity contribution >= 4 is 49.1 Å². The first-order valence-corrected chi connectivity index (χ1v) is 7.05. The summed E-state index contributed by atoms with van der Waals surface area (Å²) < 4.78 is 2.00. The molecule has 0 aromatic heterocycles. The van der Waals surface area contributed by atoms with Gasteiger partial charge in [-0.1, -0.05) is 39.7 Å². The Kier molecular flexibility index (Phi) is 4.48. The fourth-order valence-electron chi connectivity index (χ4n) is 1.46. The third kappa shape index (κ3) is 3.73. The molecule has 0 bridgehead atoms. The van der Waals surface area contributed by atoms with Crippen LogP contribution < -0.4 is 5.32 Å². The molecule has 0 fully saturated rings. The maximum absolute atomic E-state index is 6.03. The van der Waals surface area contributed by atoms with Crippen molar-refractivity contribution in [1.29, 1.82) is 0 Å². The van der Waals surface area contributed by atoms with Crippen LogP contribution >= 0.6 is 43.5 Å². The molecule has 2 aromatic carbocycles. The first-order valence-electron chi connectivity index (χ1n) is 5.08. The smallest absolute Gasteiger partial charge is 0.0568 e. The van der Waals surface area contributed by atoms with Gasteiger partial charge in [0.05, 0.1) is 5.02 Å². The molecule has 0 aliphatic rings. The number of hydrogen-bond acceptors (Lipinski definition) is 1. The third-order valence-corrected chi connectivity index (χ3v) is 4.03. The minimum absolute atomic E-state index is 0.712. The van der Waals surface area contributed by atoms with E-state index in [0.717, 1.165) is 21.2 Å². The first-order chi connectivity index (χ1) is 8.15. The van der Waals surface area contributed by atoms with Gasteiger partial charge in [0.25, 0.3) is 0 Å². The Bertz CT molecular complexity index is 529. The highest BCUT2D eigenvalue weighted by Gasteiger charge is 1.99. The Morgan fingerprint density at radius 3 is 2.59 bits per heavy atom. The average Bonchev–Trinajstić information content (AvgIpc) is 2.31. The van der Waals surface area contributed by atoms with Gasteiger partial charge in [0.15, 0.2) is 0 Å².